The van der Waals surface area contributed by atoms with Crippen LogP contribution in [0.25, 0.3) is 0 Å². The molecule has 1 aliphatic rings. The van der Waals surface area contributed by atoms with E-state index in [1.165, 1.54) is 0 Å². The number of amides is 2. The Morgan fingerprint density at radius 1 is 1.15 bits per heavy atom. The molecule has 1 atom stereocenters. The highest BCUT2D eigenvalue weighted by atomic mass is 35.5. The van der Waals surface area contributed by atoms with Crippen LogP contribution in [0, 0.1) is 12.8 Å². The lowest BCUT2D eigenvalue weighted by molar-refractivity contribution is -0.126. The van der Waals surface area contributed by atoms with Crippen molar-refractivity contribution >= 4 is 23.4 Å². The van der Waals surface area contributed by atoms with Gasteiger partial charge in [-0.25, -0.2) is 0 Å². The molecule has 136 valence electrons. The SMILES string of the molecule is Cc1ccccc1CNC(=O)[C@@H]1CCCN(C(=O)c2ccccc2Cl)C1. The zero-order valence-corrected chi connectivity index (χ0v) is 15.6. The summed E-state index contributed by atoms with van der Waals surface area (Å²) < 4.78 is 0. The van der Waals surface area contributed by atoms with Gasteiger partial charge < -0.3 is 10.2 Å². The third-order valence-corrected chi connectivity index (χ3v) is 5.23. The smallest absolute Gasteiger partial charge is 0.255 e. The van der Waals surface area contributed by atoms with Gasteiger partial charge >= 0.3 is 0 Å². The number of hydrogen-bond acceptors (Lipinski definition) is 2. The minimum absolute atomic E-state index is 0.00455. The number of likely N-dealkylation sites (tertiary alicyclic amines) is 1. The van der Waals surface area contributed by atoms with Crippen molar-refractivity contribution in [1.82, 2.24) is 10.2 Å². The summed E-state index contributed by atoms with van der Waals surface area (Å²) in [5.74, 6) is -0.281. The van der Waals surface area contributed by atoms with Crippen LogP contribution in [0.5, 0.6) is 0 Å². The highest BCUT2D eigenvalue weighted by Crippen LogP contribution is 2.22. The average molecular weight is 371 g/mol. The maximum atomic E-state index is 12.7. The quantitative estimate of drug-likeness (QED) is 0.889. The zero-order chi connectivity index (χ0) is 18.5. The summed E-state index contributed by atoms with van der Waals surface area (Å²) in [4.78, 5) is 27.0. The van der Waals surface area contributed by atoms with Gasteiger partial charge in [-0.3, -0.25) is 9.59 Å². The van der Waals surface area contributed by atoms with E-state index in [-0.39, 0.29) is 17.7 Å². The van der Waals surface area contributed by atoms with Gasteiger partial charge in [0.25, 0.3) is 5.91 Å². The van der Waals surface area contributed by atoms with Crippen LogP contribution in [-0.2, 0) is 11.3 Å². The van der Waals surface area contributed by atoms with E-state index < -0.39 is 0 Å². The number of piperidine rings is 1. The molecule has 2 aromatic rings. The van der Waals surface area contributed by atoms with Crippen LogP contribution in [0.1, 0.15) is 34.3 Å². The summed E-state index contributed by atoms with van der Waals surface area (Å²) in [5.41, 5.74) is 2.77. The number of aryl methyl sites for hydroxylation is 1. The second kappa shape index (κ2) is 8.37. The minimum Gasteiger partial charge on any atom is -0.352 e. The van der Waals surface area contributed by atoms with Crippen molar-refractivity contribution in [3.63, 3.8) is 0 Å². The van der Waals surface area contributed by atoms with Gasteiger partial charge in [0, 0.05) is 19.6 Å². The van der Waals surface area contributed by atoms with Crippen molar-refractivity contribution in [2.75, 3.05) is 13.1 Å². The van der Waals surface area contributed by atoms with E-state index in [0.717, 1.165) is 24.0 Å². The van der Waals surface area contributed by atoms with Crippen molar-refractivity contribution < 1.29 is 9.59 Å². The van der Waals surface area contributed by atoms with Gasteiger partial charge in [-0.05, 0) is 43.0 Å². The fraction of sp³-hybridized carbons (Fsp3) is 0.333. The molecule has 1 aliphatic heterocycles. The number of benzene rings is 2. The molecule has 2 amide bonds. The normalized spacial score (nSPS) is 17.0. The molecule has 2 aromatic carbocycles. The first-order chi connectivity index (χ1) is 12.6. The Morgan fingerprint density at radius 3 is 2.65 bits per heavy atom. The lowest BCUT2D eigenvalue weighted by atomic mass is 9.96. The van der Waals surface area contributed by atoms with Crippen LogP contribution in [-0.4, -0.2) is 29.8 Å². The van der Waals surface area contributed by atoms with Gasteiger partial charge in [-0.2, -0.15) is 0 Å². The van der Waals surface area contributed by atoms with Crippen molar-refractivity contribution in [2.45, 2.75) is 26.3 Å². The van der Waals surface area contributed by atoms with E-state index >= 15 is 0 Å². The van der Waals surface area contributed by atoms with E-state index in [1.807, 2.05) is 31.2 Å². The Hall–Kier alpha value is -2.33. The van der Waals surface area contributed by atoms with Gasteiger partial charge in [-0.1, -0.05) is 48.0 Å². The van der Waals surface area contributed by atoms with Gasteiger partial charge in [0.15, 0.2) is 0 Å². The van der Waals surface area contributed by atoms with E-state index in [0.29, 0.717) is 30.2 Å². The molecule has 1 fully saturated rings. The molecule has 26 heavy (non-hydrogen) atoms. The average Bonchev–Trinajstić information content (AvgIpc) is 2.67. The standard InChI is InChI=1S/C21H23ClN2O2/c1-15-7-2-3-8-16(15)13-23-20(25)17-9-6-12-24(14-17)21(26)18-10-4-5-11-19(18)22/h2-5,7-8,10-11,17H,6,9,12-14H2,1H3,(H,23,25)/t17-/m1/s1. The summed E-state index contributed by atoms with van der Waals surface area (Å²) in [6, 6.07) is 15.1. The Labute approximate surface area is 159 Å². The largest absolute Gasteiger partial charge is 0.352 e. The lowest BCUT2D eigenvalue weighted by Gasteiger charge is -2.32. The molecule has 1 saturated heterocycles. The molecule has 1 N–H and O–H groups in total. The van der Waals surface area contributed by atoms with Crippen LogP contribution < -0.4 is 5.32 Å². The van der Waals surface area contributed by atoms with Crippen LogP contribution in [0.4, 0.5) is 0 Å². The highest BCUT2D eigenvalue weighted by molar-refractivity contribution is 6.33. The van der Waals surface area contributed by atoms with Crippen molar-refractivity contribution in [1.29, 1.82) is 0 Å². The number of carbonyl (C=O) groups excluding carboxylic acids is 2. The van der Waals surface area contributed by atoms with Gasteiger partial charge in [0.05, 0.1) is 16.5 Å². The molecule has 0 saturated carbocycles. The fourth-order valence-corrected chi connectivity index (χ4v) is 3.53. The Morgan fingerprint density at radius 2 is 1.88 bits per heavy atom. The van der Waals surface area contributed by atoms with Crippen LogP contribution in [0.2, 0.25) is 5.02 Å². The highest BCUT2D eigenvalue weighted by Gasteiger charge is 2.29. The number of nitrogens with zero attached hydrogens (tertiary/aromatic N) is 1. The second-order valence-corrected chi connectivity index (χ2v) is 7.12. The molecular weight excluding hydrogens is 348 g/mol. The maximum absolute atomic E-state index is 12.7. The van der Waals surface area contributed by atoms with Crippen LogP contribution in [0.15, 0.2) is 48.5 Å². The molecule has 0 aromatic heterocycles. The number of rotatable bonds is 4. The molecule has 0 radical (unpaired) electrons. The number of carbonyl (C=O) groups is 2. The molecule has 1 heterocycles. The first-order valence-electron chi connectivity index (χ1n) is 8.92. The molecule has 5 heteroatoms. The molecule has 4 nitrogen and oxygen atoms in total. The summed E-state index contributed by atoms with van der Waals surface area (Å²) in [6.07, 6.45) is 1.62. The Kier molecular flexibility index (Phi) is 5.94. The molecule has 0 aliphatic carbocycles. The monoisotopic (exact) mass is 370 g/mol. The van der Waals surface area contributed by atoms with Gasteiger partial charge in [-0.15, -0.1) is 0 Å². The third kappa shape index (κ3) is 4.25. The zero-order valence-electron chi connectivity index (χ0n) is 14.9. The number of nitrogens with one attached hydrogen (secondary N) is 1. The Balaban J connectivity index is 1.61. The van der Waals surface area contributed by atoms with E-state index in [9.17, 15) is 9.59 Å². The fourth-order valence-electron chi connectivity index (χ4n) is 3.32. The lowest BCUT2D eigenvalue weighted by Crippen LogP contribution is -2.45. The molecule has 0 unspecified atom stereocenters. The number of hydrogen-bond donors (Lipinski definition) is 1. The first-order valence-corrected chi connectivity index (χ1v) is 9.30. The first kappa shape index (κ1) is 18.5. The number of halogens is 1. The van der Waals surface area contributed by atoms with Crippen molar-refractivity contribution in [3.05, 3.63) is 70.2 Å². The van der Waals surface area contributed by atoms with Gasteiger partial charge in [0.2, 0.25) is 5.91 Å². The summed E-state index contributed by atoms with van der Waals surface area (Å²) in [6.45, 7) is 3.64. The maximum Gasteiger partial charge on any atom is 0.255 e. The third-order valence-electron chi connectivity index (χ3n) is 4.90. The second-order valence-electron chi connectivity index (χ2n) is 6.71. The van der Waals surface area contributed by atoms with Crippen LogP contribution in [0.3, 0.4) is 0 Å². The van der Waals surface area contributed by atoms with Crippen molar-refractivity contribution in [3.8, 4) is 0 Å². The van der Waals surface area contributed by atoms with Crippen molar-refractivity contribution in [2.24, 2.45) is 5.92 Å². The van der Waals surface area contributed by atoms with Gasteiger partial charge in [0.1, 0.15) is 0 Å². The summed E-state index contributed by atoms with van der Waals surface area (Å²) in [5, 5.41) is 3.46. The Bertz CT molecular complexity index is 806. The summed E-state index contributed by atoms with van der Waals surface area (Å²) >= 11 is 6.14. The summed E-state index contributed by atoms with van der Waals surface area (Å²) in [7, 11) is 0. The van der Waals surface area contributed by atoms with Crippen LogP contribution >= 0.6 is 11.6 Å². The van der Waals surface area contributed by atoms with E-state index in [4.69, 9.17) is 11.6 Å². The molecule has 3 rings (SSSR count). The molecular formula is C21H23ClN2O2. The van der Waals surface area contributed by atoms with E-state index in [2.05, 4.69) is 5.32 Å². The molecule has 0 spiro atoms. The molecule has 0 bridgehead atoms. The predicted octanol–water partition coefficient (Wildman–Crippen LogP) is 3.82. The predicted molar refractivity (Wildman–Crippen MR) is 103 cm³/mol. The van der Waals surface area contributed by atoms with E-state index in [1.54, 1.807) is 29.2 Å². The minimum atomic E-state index is -0.181. The topological polar surface area (TPSA) is 49.4 Å².